The number of aromatic nitrogens is 4. The molecule has 3 fully saturated rings. The van der Waals surface area contributed by atoms with Crippen molar-refractivity contribution in [2.75, 3.05) is 0 Å². The number of benzene rings is 2. The van der Waals surface area contributed by atoms with E-state index in [0.717, 1.165) is 69.8 Å². The molecule has 2 aliphatic carbocycles. The van der Waals surface area contributed by atoms with Crippen LogP contribution < -0.4 is 0 Å². The minimum atomic E-state index is -0.321. The van der Waals surface area contributed by atoms with Crippen LogP contribution in [-0.4, -0.2) is 47.5 Å². The van der Waals surface area contributed by atoms with Gasteiger partial charge in [-0.2, -0.15) is 10.1 Å². The number of carbonyl (C=O) groups excluding carboxylic acids is 3. The first-order chi connectivity index (χ1) is 20.5. The highest BCUT2D eigenvalue weighted by Crippen LogP contribution is 2.45. The van der Waals surface area contributed by atoms with Crippen molar-refractivity contribution in [2.45, 2.75) is 63.5 Å². The van der Waals surface area contributed by atoms with Crippen LogP contribution in [0.4, 0.5) is 0 Å². The van der Waals surface area contributed by atoms with Crippen molar-refractivity contribution in [3.05, 3.63) is 77.2 Å². The van der Waals surface area contributed by atoms with E-state index in [0.29, 0.717) is 23.9 Å². The Kier molecular flexibility index (Phi) is 5.71. The number of imide groups is 1. The van der Waals surface area contributed by atoms with Gasteiger partial charge >= 0.3 is 0 Å². The molecule has 2 aromatic carbocycles. The van der Waals surface area contributed by atoms with Crippen LogP contribution in [0.15, 0.2) is 54.9 Å². The van der Waals surface area contributed by atoms with Crippen molar-refractivity contribution in [1.82, 2.24) is 29.8 Å². The zero-order valence-electron chi connectivity index (χ0n) is 23.0. The number of hydrogen-bond donors (Lipinski definition) is 0. The van der Waals surface area contributed by atoms with Crippen molar-refractivity contribution < 1.29 is 14.4 Å². The van der Waals surface area contributed by atoms with Gasteiger partial charge < -0.3 is 0 Å². The standard InChI is InChI=1S/C33H28N6O3/c40-30-6-3-7-31(41)39(30)38-18-23-11-10-20(16-25(23)33(38)42)8-9-21-14-24(15-21)37-19-26(32(36-37)22-12-13-22)29-17-34-27-4-1-2-5-28(27)35-29/h1-2,4-5,10-11,16-17,19,21-22,24H,3,6-7,12-15,18H2. The van der Waals surface area contributed by atoms with Gasteiger partial charge in [0.1, 0.15) is 0 Å². The molecule has 208 valence electrons. The highest BCUT2D eigenvalue weighted by molar-refractivity contribution is 6.04. The van der Waals surface area contributed by atoms with E-state index in [1.807, 2.05) is 42.6 Å². The molecule has 2 aromatic heterocycles. The second kappa shape index (κ2) is 9.62. The molecule has 2 aliphatic heterocycles. The summed E-state index contributed by atoms with van der Waals surface area (Å²) >= 11 is 0. The van der Waals surface area contributed by atoms with Gasteiger partial charge in [-0.3, -0.25) is 24.0 Å². The van der Waals surface area contributed by atoms with Crippen molar-refractivity contribution in [3.63, 3.8) is 0 Å². The van der Waals surface area contributed by atoms with Crippen LogP contribution in [0.3, 0.4) is 0 Å². The third-order valence-electron chi connectivity index (χ3n) is 8.75. The first kappa shape index (κ1) is 24.9. The van der Waals surface area contributed by atoms with Gasteiger partial charge in [-0.25, -0.2) is 9.99 Å². The largest absolute Gasteiger partial charge is 0.273 e. The predicted octanol–water partition coefficient (Wildman–Crippen LogP) is 4.78. The second-order valence-electron chi connectivity index (χ2n) is 11.7. The number of amides is 3. The number of hydrogen-bond acceptors (Lipinski definition) is 6. The molecule has 4 aromatic rings. The Bertz CT molecular complexity index is 1840. The summed E-state index contributed by atoms with van der Waals surface area (Å²) in [5.74, 6) is 6.43. The normalized spacial score (nSPS) is 21.8. The van der Waals surface area contributed by atoms with E-state index in [1.54, 1.807) is 6.07 Å². The smallest absolute Gasteiger partial charge is 0.273 e. The zero-order chi connectivity index (χ0) is 28.4. The lowest BCUT2D eigenvalue weighted by Crippen LogP contribution is -2.51. The molecule has 2 saturated carbocycles. The SMILES string of the molecule is O=C1c2cc(C#CC3CC(n4cc(-c5cnc6ccccc6n5)c(C5CC5)n4)C3)ccc2CN1N1C(=O)CCCC1=O. The lowest BCUT2D eigenvalue weighted by molar-refractivity contribution is -0.163. The lowest BCUT2D eigenvalue weighted by Gasteiger charge is -2.32. The highest BCUT2D eigenvalue weighted by Gasteiger charge is 2.39. The summed E-state index contributed by atoms with van der Waals surface area (Å²) in [6, 6.07) is 13.8. The molecule has 42 heavy (non-hydrogen) atoms. The Morgan fingerprint density at radius 1 is 0.905 bits per heavy atom. The molecular formula is C33H28N6O3. The van der Waals surface area contributed by atoms with Gasteiger partial charge in [0.15, 0.2) is 0 Å². The maximum atomic E-state index is 13.1. The molecule has 0 radical (unpaired) electrons. The van der Waals surface area contributed by atoms with Crippen molar-refractivity contribution in [1.29, 1.82) is 0 Å². The first-order valence-electron chi connectivity index (χ1n) is 14.6. The average molecular weight is 557 g/mol. The lowest BCUT2D eigenvalue weighted by atomic mass is 9.80. The Labute approximate surface area is 242 Å². The topological polar surface area (TPSA) is 101 Å². The van der Waals surface area contributed by atoms with E-state index in [4.69, 9.17) is 10.1 Å². The number of nitrogens with zero attached hydrogens (tertiary/aromatic N) is 6. The molecule has 0 atom stereocenters. The maximum Gasteiger partial charge on any atom is 0.273 e. The summed E-state index contributed by atoms with van der Waals surface area (Å²) < 4.78 is 2.10. The number of hydrazine groups is 1. The van der Waals surface area contributed by atoms with Gasteiger partial charge in [0.2, 0.25) is 11.8 Å². The van der Waals surface area contributed by atoms with E-state index in [-0.39, 0.29) is 43.0 Å². The molecule has 0 unspecified atom stereocenters. The highest BCUT2D eigenvalue weighted by atomic mass is 16.2. The summed E-state index contributed by atoms with van der Waals surface area (Å²) in [6.07, 6.45) is 9.24. The zero-order valence-corrected chi connectivity index (χ0v) is 23.0. The van der Waals surface area contributed by atoms with E-state index in [9.17, 15) is 14.4 Å². The van der Waals surface area contributed by atoms with Crippen LogP contribution in [0, 0.1) is 17.8 Å². The minimum Gasteiger partial charge on any atom is -0.273 e. The van der Waals surface area contributed by atoms with Crippen molar-refractivity contribution in [2.24, 2.45) is 5.92 Å². The molecule has 0 N–H and O–H groups in total. The van der Waals surface area contributed by atoms with Gasteiger partial charge in [-0.15, -0.1) is 0 Å². The van der Waals surface area contributed by atoms with Crippen LogP contribution in [0.5, 0.6) is 0 Å². The Hall–Kier alpha value is -4.84. The molecule has 0 bridgehead atoms. The van der Waals surface area contributed by atoms with Gasteiger partial charge in [-0.05, 0) is 61.9 Å². The van der Waals surface area contributed by atoms with E-state index in [2.05, 4.69) is 27.7 Å². The summed E-state index contributed by atoms with van der Waals surface area (Å²) in [5, 5.41) is 7.33. The maximum absolute atomic E-state index is 13.1. The monoisotopic (exact) mass is 556 g/mol. The molecule has 3 amide bonds. The molecule has 9 heteroatoms. The van der Waals surface area contributed by atoms with Gasteiger partial charge in [0.05, 0.1) is 41.2 Å². The van der Waals surface area contributed by atoms with Crippen molar-refractivity contribution >= 4 is 28.8 Å². The summed E-state index contributed by atoms with van der Waals surface area (Å²) in [6.45, 7) is 0.225. The first-order valence-corrected chi connectivity index (χ1v) is 14.6. The molecule has 9 nitrogen and oxygen atoms in total. The number of para-hydroxylation sites is 2. The second-order valence-corrected chi connectivity index (χ2v) is 11.7. The van der Waals surface area contributed by atoms with Crippen LogP contribution in [0.2, 0.25) is 0 Å². The average Bonchev–Trinajstić information content (AvgIpc) is 3.66. The number of fused-ring (bicyclic) bond motifs is 2. The number of piperidine rings is 1. The molecular weight excluding hydrogens is 528 g/mol. The fourth-order valence-corrected chi connectivity index (χ4v) is 6.18. The van der Waals surface area contributed by atoms with Crippen LogP contribution >= 0.6 is 0 Å². The third kappa shape index (κ3) is 4.26. The van der Waals surface area contributed by atoms with Crippen LogP contribution in [-0.2, 0) is 16.1 Å². The summed E-state index contributed by atoms with van der Waals surface area (Å²) in [5.41, 5.74) is 6.92. The van der Waals surface area contributed by atoms with Crippen LogP contribution in [0.1, 0.15) is 84.1 Å². The van der Waals surface area contributed by atoms with E-state index in [1.165, 1.54) is 5.01 Å². The Morgan fingerprint density at radius 3 is 2.48 bits per heavy atom. The fraction of sp³-hybridized carbons (Fsp3) is 0.333. The molecule has 0 spiro atoms. The molecule has 8 rings (SSSR count). The molecule has 4 aliphatic rings. The fourth-order valence-electron chi connectivity index (χ4n) is 6.18. The van der Waals surface area contributed by atoms with Gasteiger partial charge in [0.25, 0.3) is 5.91 Å². The van der Waals surface area contributed by atoms with Gasteiger partial charge in [-0.1, -0.05) is 30.0 Å². The Morgan fingerprint density at radius 2 is 1.69 bits per heavy atom. The third-order valence-corrected chi connectivity index (χ3v) is 8.75. The molecule has 4 heterocycles. The predicted molar refractivity (Wildman–Crippen MR) is 153 cm³/mol. The van der Waals surface area contributed by atoms with Crippen molar-refractivity contribution in [3.8, 4) is 23.1 Å². The summed E-state index contributed by atoms with van der Waals surface area (Å²) in [7, 11) is 0. The van der Waals surface area contributed by atoms with E-state index < -0.39 is 0 Å². The van der Waals surface area contributed by atoms with Gasteiger partial charge in [0, 0.05) is 47.6 Å². The summed E-state index contributed by atoms with van der Waals surface area (Å²) in [4.78, 5) is 47.3. The number of carbonyl (C=O) groups is 3. The van der Waals surface area contributed by atoms with Crippen LogP contribution in [0.25, 0.3) is 22.3 Å². The quantitative estimate of drug-likeness (QED) is 0.265. The van der Waals surface area contributed by atoms with E-state index >= 15 is 0 Å². The Balaban J connectivity index is 0.965. The molecule has 1 saturated heterocycles. The number of rotatable bonds is 4. The minimum absolute atomic E-state index is 0.225.